The van der Waals surface area contributed by atoms with Gasteiger partial charge in [-0.2, -0.15) is 0 Å². The summed E-state index contributed by atoms with van der Waals surface area (Å²) in [6.45, 7) is 2.72. The average Bonchev–Trinajstić information content (AvgIpc) is 3.22. The molecule has 4 rings (SSSR count). The fourth-order valence-corrected chi connectivity index (χ4v) is 4.23. The first-order valence-corrected chi connectivity index (χ1v) is 11.2. The molecule has 0 aliphatic carbocycles. The number of amides is 3. The number of hydrogen-bond donors (Lipinski definition) is 2. The van der Waals surface area contributed by atoms with Crippen molar-refractivity contribution in [2.45, 2.75) is 13.0 Å². The molecule has 2 fully saturated rings. The van der Waals surface area contributed by atoms with E-state index in [2.05, 4.69) is 5.32 Å². The average molecular weight is 488 g/mol. The Balaban J connectivity index is 1.45. The third-order valence-electron chi connectivity index (χ3n) is 6.08. The Morgan fingerprint density at radius 3 is 2.46 bits per heavy atom. The van der Waals surface area contributed by atoms with Crippen molar-refractivity contribution in [1.29, 1.82) is 0 Å². The molecular formula is C24H26F2N4O5. The number of rotatable bonds is 6. The molecule has 2 aromatic carbocycles. The lowest BCUT2D eigenvalue weighted by molar-refractivity contribution is -0.134. The van der Waals surface area contributed by atoms with Crippen LogP contribution in [-0.2, 0) is 14.3 Å². The number of carbonyl (C=O) groups excluding carboxylic acids is 3. The van der Waals surface area contributed by atoms with Crippen molar-refractivity contribution >= 4 is 29.3 Å². The third kappa shape index (κ3) is 5.35. The zero-order valence-electron chi connectivity index (χ0n) is 19.2. The van der Waals surface area contributed by atoms with Gasteiger partial charge in [0.2, 0.25) is 11.8 Å². The van der Waals surface area contributed by atoms with Crippen molar-refractivity contribution in [2.75, 3.05) is 55.7 Å². The highest BCUT2D eigenvalue weighted by molar-refractivity contribution is 5.90. The summed E-state index contributed by atoms with van der Waals surface area (Å²) in [6.07, 6.45) is -1.18. The van der Waals surface area contributed by atoms with E-state index in [1.165, 1.54) is 34.9 Å². The van der Waals surface area contributed by atoms with E-state index in [9.17, 15) is 23.2 Å². The zero-order valence-corrected chi connectivity index (χ0v) is 19.2. The zero-order chi connectivity index (χ0) is 25.1. The van der Waals surface area contributed by atoms with Crippen LogP contribution >= 0.6 is 0 Å². The molecule has 11 heteroatoms. The van der Waals surface area contributed by atoms with Crippen LogP contribution in [-0.4, -0.2) is 79.9 Å². The van der Waals surface area contributed by atoms with E-state index in [0.29, 0.717) is 43.1 Å². The van der Waals surface area contributed by atoms with Crippen LogP contribution in [0.5, 0.6) is 0 Å². The first-order valence-electron chi connectivity index (χ1n) is 11.2. The van der Waals surface area contributed by atoms with E-state index < -0.39 is 30.4 Å². The van der Waals surface area contributed by atoms with Gasteiger partial charge in [-0.25, -0.2) is 13.6 Å². The molecule has 3 amide bonds. The lowest BCUT2D eigenvalue weighted by Gasteiger charge is -2.36. The fourth-order valence-electron chi connectivity index (χ4n) is 4.23. The van der Waals surface area contributed by atoms with E-state index in [1.54, 1.807) is 23.1 Å². The second-order valence-electron chi connectivity index (χ2n) is 8.41. The van der Waals surface area contributed by atoms with Gasteiger partial charge >= 0.3 is 6.09 Å². The van der Waals surface area contributed by atoms with Gasteiger partial charge in [-0.3, -0.25) is 14.5 Å². The minimum Gasteiger partial charge on any atom is -0.442 e. The van der Waals surface area contributed by atoms with Crippen LogP contribution in [0.3, 0.4) is 0 Å². The van der Waals surface area contributed by atoms with Crippen molar-refractivity contribution in [3.8, 4) is 11.1 Å². The molecule has 9 nitrogen and oxygen atoms in total. The molecule has 2 saturated heterocycles. The van der Waals surface area contributed by atoms with Gasteiger partial charge in [0.1, 0.15) is 24.3 Å². The van der Waals surface area contributed by atoms with Crippen LogP contribution in [0.15, 0.2) is 36.4 Å². The second-order valence-corrected chi connectivity index (χ2v) is 8.41. The van der Waals surface area contributed by atoms with Gasteiger partial charge in [-0.05, 0) is 35.9 Å². The highest BCUT2D eigenvalue weighted by atomic mass is 19.1. The first-order chi connectivity index (χ1) is 16.8. The minimum atomic E-state index is -0.635. The lowest BCUT2D eigenvalue weighted by atomic mass is 10.0. The van der Waals surface area contributed by atoms with Gasteiger partial charge in [0, 0.05) is 38.7 Å². The maximum absolute atomic E-state index is 15.0. The number of cyclic esters (lactones) is 1. The summed E-state index contributed by atoms with van der Waals surface area (Å²) in [7, 11) is 0. The second kappa shape index (κ2) is 10.3. The Kier molecular flexibility index (Phi) is 7.15. The number of nitrogens with one attached hydrogen (secondary N) is 1. The molecule has 2 heterocycles. The van der Waals surface area contributed by atoms with Crippen molar-refractivity contribution < 1.29 is 33.0 Å². The number of ether oxygens (including phenoxy) is 1. The Morgan fingerprint density at radius 1 is 1.09 bits per heavy atom. The highest BCUT2D eigenvalue weighted by Gasteiger charge is 2.33. The molecule has 0 aromatic heterocycles. The van der Waals surface area contributed by atoms with Crippen LogP contribution in [0, 0.1) is 11.6 Å². The number of carbonyl (C=O) groups is 3. The molecule has 35 heavy (non-hydrogen) atoms. The Bertz CT molecular complexity index is 1140. The van der Waals surface area contributed by atoms with Gasteiger partial charge in [0.25, 0.3) is 0 Å². The Hall–Kier alpha value is -3.73. The van der Waals surface area contributed by atoms with E-state index in [0.717, 1.165) is 0 Å². The molecular weight excluding hydrogens is 462 g/mol. The topological polar surface area (TPSA) is 102 Å². The monoisotopic (exact) mass is 488 g/mol. The van der Waals surface area contributed by atoms with E-state index in [4.69, 9.17) is 9.84 Å². The molecule has 0 spiro atoms. The van der Waals surface area contributed by atoms with Gasteiger partial charge in [0.05, 0.1) is 24.5 Å². The van der Waals surface area contributed by atoms with Crippen LogP contribution in [0.1, 0.15) is 6.92 Å². The van der Waals surface area contributed by atoms with Crippen LogP contribution in [0.25, 0.3) is 11.1 Å². The SMILES string of the molecule is CC(=O)NC[C@H]1CN(c2ccc(-c3ccc(N4CCN(C(=O)CO)CC4)c(F)c3)c(F)c2)C(=O)O1. The van der Waals surface area contributed by atoms with Gasteiger partial charge < -0.3 is 25.0 Å². The maximum atomic E-state index is 15.0. The van der Waals surface area contributed by atoms with E-state index in [1.807, 2.05) is 0 Å². The molecule has 2 N–H and O–H groups in total. The van der Waals surface area contributed by atoms with Crippen LogP contribution in [0.2, 0.25) is 0 Å². The third-order valence-corrected chi connectivity index (χ3v) is 6.08. The van der Waals surface area contributed by atoms with E-state index in [-0.39, 0.29) is 30.5 Å². The molecule has 0 bridgehead atoms. The summed E-state index contributed by atoms with van der Waals surface area (Å²) in [5.74, 6) is -1.74. The Morgan fingerprint density at radius 2 is 1.83 bits per heavy atom. The van der Waals surface area contributed by atoms with Crippen molar-refractivity contribution in [1.82, 2.24) is 10.2 Å². The van der Waals surface area contributed by atoms with Gasteiger partial charge in [-0.15, -0.1) is 0 Å². The molecule has 2 aliphatic rings. The number of aliphatic hydroxyl groups excluding tert-OH is 1. The predicted molar refractivity (Wildman–Crippen MR) is 124 cm³/mol. The molecule has 2 aliphatic heterocycles. The first kappa shape index (κ1) is 24.4. The molecule has 0 radical (unpaired) electrons. The summed E-state index contributed by atoms with van der Waals surface area (Å²) in [5.41, 5.74) is 1.18. The summed E-state index contributed by atoms with van der Waals surface area (Å²) in [4.78, 5) is 39.5. The van der Waals surface area contributed by atoms with E-state index >= 15 is 0 Å². The maximum Gasteiger partial charge on any atom is 0.414 e. The number of halogens is 2. The van der Waals surface area contributed by atoms with Gasteiger partial charge in [0.15, 0.2) is 0 Å². The van der Waals surface area contributed by atoms with Crippen LogP contribution < -0.4 is 15.1 Å². The normalized spacial score (nSPS) is 18.0. The number of aliphatic hydroxyl groups is 1. The molecule has 1 atom stereocenters. The summed E-state index contributed by atoms with van der Waals surface area (Å²) >= 11 is 0. The number of nitrogens with zero attached hydrogens (tertiary/aromatic N) is 3. The van der Waals surface area contributed by atoms with Crippen LogP contribution in [0.4, 0.5) is 25.0 Å². The summed E-state index contributed by atoms with van der Waals surface area (Å²) < 4.78 is 35.1. The molecule has 0 saturated carbocycles. The Labute approximate surface area is 200 Å². The highest BCUT2D eigenvalue weighted by Crippen LogP contribution is 2.32. The molecule has 2 aromatic rings. The minimum absolute atomic E-state index is 0.163. The standard InChI is InChI=1S/C24H26F2N4O5/c1-15(32)27-12-18-13-30(24(34)35-18)17-3-4-19(20(25)11-17)16-2-5-22(21(26)10-16)28-6-8-29(9-7-28)23(33)14-31/h2-5,10-11,18,31H,6-9,12-14H2,1H3,(H,27,32)/t18-/m0/s1. The fraction of sp³-hybridized carbons (Fsp3) is 0.375. The number of piperazine rings is 1. The molecule has 0 unspecified atom stereocenters. The number of anilines is 2. The largest absolute Gasteiger partial charge is 0.442 e. The van der Waals surface area contributed by atoms with Crippen molar-refractivity contribution in [3.05, 3.63) is 48.0 Å². The summed E-state index contributed by atoms with van der Waals surface area (Å²) in [5, 5.41) is 11.6. The number of hydrogen-bond acceptors (Lipinski definition) is 6. The predicted octanol–water partition coefficient (Wildman–Crippen LogP) is 1.73. The molecule has 186 valence electrons. The van der Waals surface area contributed by atoms with Crippen molar-refractivity contribution in [3.63, 3.8) is 0 Å². The summed E-state index contributed by atoms with van der Waals surface area (Å²) in [6, 6.07) is 8.69. The van der Waals surface area contributed by atoms with Crippen molar-refractivity contribution in [2.24, 2.45) is 0 Å². The quantitative estimate of drug-likeness (QED) is 0.642. The smallest absolute Gasteiger partial charge is 0.414 e. The number of benzene rings is 2. The van der Waals surface area contributed by atoms with Gasteiger partial charge in [-0.1, -0.05) is 6.07 Å². The lowest BCUT2D eigenvalue weighted by Crippen LogP contribution is -2.49.